The number of aldehydes is 1. The molecule has 0 spiro atoms. The summed E-state index contributed by atoms with van der Waals surface area (Å²) >= 11 is 0. The number of carbonyl (C=O) groups excluding carboxylic acids is 1. The predicted molar refractivity (Wildman–Crippen MR) is 34.9 cm³/mol. The fraction of sp³-hybridized carbons (Fsp3) is 0.625. The molecule has 0 N–H and O–H groups in total. The van der Waals surface area contributed by atoms with Gasteiger partial charge in [0.1, 0.15) is 6.29 Å². The van der Waals surface area contributed by atoms with Crippen LogP contribution in [0.25, 0.3) is 0 Å². The van der Waals surface area contributed by atoms with Crippen LogP contribution in [0.1, 0.15) is 12.8 Å². The van der Waals surface area contributed by atoms with Crippen molar-refractivity contribution in [3.63, 3.8) is 0 Å². The Labute approximate surface area is 54.8 Å². The molecule has 9 heavy (non-hydrogen) atoms. The average Bonchev–Trinajstić information content (AvgIpc) is 2.45. The molecule has 0 amide bonds. The van der Waals surface area contributed by atoms with Gasteiger partial charge in [-0.3, -0.25) is 0 Å². The lowest BCUT2D eigenvalue weighted by atomic mass is 9.95. The average molecular weight is 122 g/mol. The summed E-state index contributed by atoms with van der Waals surface area (Å²) in [7, 11) is 0. The van der Waals surface area contributed by atoms with Gasteiger partial charge in [0.15, 0.2) is 0 Å². The quantitative estimate of drug-likeness (QED) is 0.379. The van der Waals surface area contributed by atoms with Crippen LogP contribution in [0.2, 0.25) is 0 Å². The zero-order valence-corrected chi connectivity index (χ0v) is 5.29. The van der Waals surface area contributed by atoms with Gasteiger partial charge in [0, 0.05) is 5.92 Å². The number of hydrogen-bond donors (Lipinski definition) is 0. The number of carbonyl (C=O) groups is 1. The van der Waals surface area contributed by atoms with Crippen molar-refractivity contribution < 1.29 is 4.79 Å². The number of hydrogen-bond acceptors (Lipinski definition) is 1. The van der Waals surface area contributed by atoms with Crippen LogP contribution in [0.15, 0.2) is 12.2 Å². The molecule has 2 rings (SSSR count). The monoisotopic (exact) mass is 122 g/mol. The summed E-state index contributed by atoms with van der Waals surface area (Å²) in [5, 5.41) is 0. The molecule has 0 unspecified atom stereocenters. The van der Waals surface area contributed by atoms with E-state index in [0.29, 0.717) is 11.8 Å². The highest BCUT2D eigenvalue weighted by Gasteiger charge is 2.34. The highest BCUT2D eigenvalue weighted by molar-refractivity contribution is 5.56. The molecule has 1 heteroatoms. The minimum absolute atomic E-state index is 0.361. The predicted octanol–water partition coefficient (Wildman–Crippen LogP) is 1.40. The van der Waals surface area contributed by atoms with E-state index >= 15 is 0 Å². The fourth-order valence-electron chi connectivity index (χ4n) is 1.98. The molecular formula is C8H10O. The van der Waals surface area contributed by atoms with Gasteiger partial charge in [0.2, 0.25) is 0 Å². The summed E-state index contributed by atoms with van der Waals surface area (Å²) in [5.74, 6) is 1.71. The van der Waals surface area contributed by atoms with Crippen molar-refractivity contribution in [1.29, 1.82) is 0 Å². The molecule has 0 radical (unpaired) electrons. The van der Waals surface area contributed by atoms with E-state index < -0.39 is 0 Å². The van der Waals surface area contributed by atoms with Crippen molar-refractivity contribution in [3.05, 3.63) is 12.2 Å². The number of fused-ring (bicyclic) bond motifs is 2. The van der Waals surface area contributed by atoms with E-state index in [1.165, 1.54) is 6.42 Å². The maximum atomic E-state index is 10.4. The molecule has 0 heterocycles. The first-order valence-corrected chi connectivity index (χ1v) is 3.54. The topological polar surface area (TPSA) is 17.1 Å². The lowest BCUT2D eigenvalue weighted by molar-refractivity contribution is -0.111. The van der Waals surface area contributed by atoms with E-state index in [9.17, 15) is 4.79 Å². The molecule has 0 aromatic heterocycles. The van der Waals surface area contributed by atoms with Gasteiger partial charge in [-0.2, -0.15) is 0 Å². The molecule has 0 aromatic rings. The molecule has 2 aliphatic carbocycles. The highest BCUT2D eigenvalue weighted by Crippen LogP contribution is 2.42. The second kappa shape index (κ2) is 1.69. The van der Waals surface area contributed by atoms with Crippen molar-refractivity contribution in [2.75, 3.05) is 0 Å². The Hall–Kier alpha value is -0.590. The third kappa shape index (κ3) is 0.640. The maximum Gasteiger partial charge on any atom is 0.123 e. The van der Waals surface area contributed by atoms with Gasteiger partial charge < -0.3 is 4.79 Å². The van der Waals surface area contributed by atoms with Crippen LogP contribution in [-0.4, -0.2) is 6.29 Å². The molecule has 1 saturated carbocycles. The van der Waals surface area contributed by atoms with Gasteiger partial charge in [0.25, 0.3) is 0 Å². The van der Waals surface area contributed by atoms with Crippen molar-refractivity contribution in [2.45, 2.75) is 12.8 Å². The van der Waals surface area contributed by atoms with E-state index in [-0.39, 0.29) is 0 Å². The minimum Gasteiger partial charge on any atom is -0.303 e. The van der Waals surface area contributed by atoms with Crippen LogP contribution in [0.3, 0.4) is 0 Å². The maximum absolute atomic E-state index is 10.4. The van der Waals surface area contributed by atoms with Gasteiger partial charge in [-0.25, -0.2) is 0 Å². The Kier molecular flexibility index (Phi) is 0.981. The molecule has 1 nitrogen and oxygen atoms in total. The number of allylic oxidation sites excluding steroid dienone is 2. The smallest absolute Gasteiger partial charge is 0.123 e. The van der Waals surface area contributed by atoms with Crippen LogP contribution >= 0.6 is 0 Å². The van der Waals surface area contributed by atoms with E-state index in [4.69, 9.17) is 0 Å². The van der Waals surface area contributed by atoms with Gasteiger partial charge >= 0.3 is 0 Å². The van der Waals surface area contributed by atoms with Gasteiger partial charge in [0.05, 0.1) is 0 Å². The van der Waals surface area contributed by atoms with Crippen molar-refractivity contribution in [2.24, 2.45) is 17.8 Å². The summed E-state index contributed by atoms with van der Waals surface area (Å²) in [5.41, 5.74) is 0. The van der Waals surface area contributed by atoms with E-state index in [0.717, 1.165) is 18.6 Å². The molecule has 2 aliphatic rings. The Morgan fingerprint density at radius 2 is 2.22 bits per heavy atom. The molecule has 3 atom stereocenters. The molecule has 2 bridgehead atoms. The highest BCUT2D eigenvalue weighted by atomic mass is 16.1. The Bertz CT molecular complexity index is 160. The van der Waals surface area contributed by atoms with Gasteiger partial charge in [-0.05, 0) is 24.7 Å². The zero-order chi connectivity index (χ0) is 6.27. The molecule has 48 valence electrons. The van der Waals surface area contributed by atoms with Crippen molar-refractivity contribution in [1.82, 2.24) is 0 Å². The third-order valence-corrected chi connectivity index (χ3v) is 2.51. The molecule has 0 aromatic carbocycles. The van der Waals surface area contributed by atoms with Crippen molar-refractivity contribution >= 4 is 6.29 Å². The van der Waals surface area contributed by atoms with Crippen LogP contribution in [0, 0.1) is 17.8 Å². The summed E-state index contributed by atoms with van der Waals surface area (Å²) < 4.78 is 0. The van der Waals surface area contributed by atoms with E-state index in [1.54, 1.807) is 0 Å². The van der Waals surface area contributed by atoms with Crippen LogP contribution in [0.4, 0.5) is 0 Å². The first-order valence-electron chi connectivity index (χ1n) is 3.54. The first-order chi connectivity index (χ1) is 4.40. The lowest BCUT2D eigenvalue weighted by Gasteiger charge is -2.08. The van der Waals surface area contributed by atoms with Crippen molar-refractivity contribution in [3.8, 4) is 0 Å². The zero-order valence-electron chi connectivity index (χ0n) is 5.29. The first kappa shape index (κ1) is 5.21. The van der Waals surface area contributed by atoms with E-state index in [1.807, 2.05) is 0 Å². The molecule has 0 aliphatic heterocycles. The molecular weight excluding hydrogens is 112 g/mol. The fourth-order valence-corrected chi connectivity index (χ4v) is 1.98. The summed E-state index contributed by atoms with van der Waals surface area (Å²) in [6, 6.07) is 0. The normalized spacial score (nSPS) is 46.0. The second-order valence-electron chi connectivity index (χ2n) is 3.08. The molecule has 1 fully saturated rings. The van der Waals surface area contributed by atoms with E-state index in [2.05, 4.69) is 12.2 Å². The molecule has 0 saturated heterocycles. The second-order valence-corrected chi connectivity index (χ2v) is 3.08. The summed E-state index contributed by atoms with van der Waals surface area (Å²) in [6.07, 6.45) is 7.93. The SMILES string of the molecule is O=C[C@H]1C[C@H]2C=C[C@H]1C2. The standard InChI is InChI=1S/C8H10O/c9-5-8-4-6-1-2-7(8)3-6/h1-2,5-8H,3-4H2/t6-,7-,8+/m0/s1. The lowest BCUT2D eigenvalue weighted by Crippen LogP contribution is -2.07. The van der Waals surface area contributed by atoms with Crippen LogP contribution < -0.4 is 0 Å². The Morgan fingerprint density at radius 1 is 1.33 bits per heavy atom. The largest absolute Gasteiger partial charge is 0.303 e. The number of rotatable bonds is 1. The van der Waals surface area contributed by atoms with Gasteiger partial charge in [-0.15, -0.1) is 0 Å². The Balaban J connectivity index is 2.19. The summed E-state index contributed by atoms with van der Waals surface area (Å²) in [4.78, 5) is 10.4. The van der Waals surface area contributed by atoms with Crippen LogP contribution in [-0.2, 0) is 4.79 Å². The third-order valence-electron chi connectivity index (χ3n) is 2.51. The van der Waals surface area contributed by atoms with Crippen LogP contribution in [0.5, 0.6) is 0 Å². The minimum atomic E-state index is 0.361. The summed E-state index contributed by atoms with van der Waals surface area (Å²) in [6.45, 7) is 0. The van der Waals surface area contributed by atoms with Gasteiger partial charge in [-0.1, -0.05) is 12.2 Å². The Morgan fingerprint density at radius 3 is 2.56 bits per heavy atom.